The molecule has 0 aromatic rings. The number of allylic oxidation sites excluding steroid dienone is 1. The van der Waals surface area contributed by atoms with Crippen molar-refractivity contribution in [2.24, 2.45) is 5.92 Å². The molecule has 0 spiro atoms. The highest BCUT2D eigenvalue weighted by atomic mass is 16.1. The fourth-order valence-corrected chi connectivity index (χ4v) is 1.23. The quantitative estimate of drug-likeness (QED) is 0.488. The van der Waals surface area contributed by atoms with E-state index in [1.54, 1.807) is 0 Å². The molecule has 0 amide bonds. The molecule has 0 unspecified atom stereocenters. The van der Waals surface area contributed by atoms with Crippen LogP contribution in [0.4, 0.5) is 0 Å². The molecule has 1 atom stereocenters. The lowest BCUT2D eigenvalue weighted by molar-refractivity contribution is -0.117. The first-order valence-electron chi connectivity index (χ1n) is 3.37. The van der Waals surface area contributed by atoms with E-state index >= 15 is 0 Å². The van der Waals surface area contributed by atoms with Crippen LogP contribution in [-0.2, 0) is 4.79 Å². The number of hydrogen-bond acceptors (Lipinski definition) is 1. The van der Waals surface area contributed by atoms with Crippen molar-refractivity contribution >= 4 is 5.78 Å². The number of Topliss-reactive ketones (excluding diaryl/α,β-unsaturated/α-hetero) is 1. The molecule has 0 bridgehead atoms. The standard InChI is InChI=1S/C8H12O/c1-6(2)7-3-4-8(9)5-7/h7H,1,3-5H2,2H3/t7-/m0/s1. The molecule has 0 aromatic carbocycles. The molecule has 1 saturated carbocycles. The van der Waals surface area contributed by atoms with Crippen LogP contribution in [0.3, 0.4) is 0 Å². The lowest BCUT2D eigenvalue weighted by Gasteiger charge is -2.03. The Labute approximate surface area is 55.8 Å². The molecule has 1 nitrogen and oxygen atoms in total. The minimum atomic E-state index is 0.406. The molecular weight excluding hydrogens is 112 g/mol. The zero-order valence-corrected chi connectivity index (χ0v) is 5.81. The highest BCUT2D eigenvalue weighted by Gasteiger charge is 2.21. The second-order valence-electron chi connectivity index (χ2n) is 2.82. The number of ketones is 1. The van der Waals surface area contributed by atoms with Gasteiger partial charge in [0, 0.05) is 12.8 Å². The lowest BCUT2D eigenvalue weighted by Crippen LogP contribution is -1.94. The zero-order chi connectivity index (χ0) is 6.85. The number of carbonyl (C=O) groups excluding carboxylic acids is 1. The minimum Gasteiger partial charge on any atom is -0.300 e. The van der Waals surface area contributed by atoms with Gasteiger partial charge in [-0.3, -0.25) is 4.79 Å². The third kappa shape index (κ3) is 1.41. The Hall–Kier alpha value is -0.590. The maximum atomic E-state index is 10.7. The van der Waals surface area contributed by atoms with Crippen molar-refractivity contribution in [2.45, 2.75) is 26.2 Å². The van der Waals surface area contributed by atoms with Crippen LogP contribution in [0.1, 0.15) is 26.2 Å². The van der Waals surface area contributed by atoms with Gasteiger partial charge in [-0.1, -0.05) is 12.2 Å². The largest absolute Gasteiger partial charge is 0.300 e. The molecule has 1 aliphatic rings. The van der Waals surface area contributed by atoms with E-state index in [0.29, 0.717) is 11.7 Å². The van der Waals surface area contributed by atoms with Gasteiger partial charge >= 0.3 is 0 Å². The maximum absolute atomic E-state index is 10.7. The fraction of sp³-hybridized carbons (Fsp3) is 0.625. The van der Waals surface area contributed by atoms with E-state index in [1.807, 2.05) is 6.92 Å². The average molecular weight is 124 g/mol. The molecule has 9 heavy (non-hydrogen) atoms. The van der Waals surface area contributed by atoms with Crippen LogP contribution in [0.5, 0.6) is 0 Å². The van der Waals surface area contributed by atoms with E-state index in [-0.39, 0.29) is 0 Å². The van der Waals surface area contributed by atoms with E-state index in [0.717, 1.165) is 19.3 Å². The van der Waals surface area contributed by atoms with Crippen molar-refractivity contribution in [3.8, 4) is 0 Å². The molecule has 0 aliphatic heterocycles. The van der Waals surface area contributed by atoms with Crippen LogP contribution < -0.4 is 0 Å². The normalized spacial score (nSPS) is 26.8. The summed E-state index contributed by atoms with van der Waals surface area (Å²) in [6, 6.07) is 0. The van der Waals surface area contributed by atoms with Gasteiger partial charge in [0.1, 0.15) is 5.78 Å². The topological polar surface area (TPSA) is 17.1 Å². The van der Waals surface area contributed by atoms with E-state index in [4.69, 9.17) is 0 Å². The molecule has 1 aliphatic carbocycles. The summed E-state index contributed by atoms with van der Waals surface area (Å²) in [7, 11) is 0. The van der Waals surface area contributed by atoms with Crippen LogP contribution in [0.15, 0.2) is 12.2 Å². The summed E-state index contributed by atoms with van der Waals surface area (Å²) in [6.07, 6.45) is 2.56. The van der Waals surface area contributed by atoms with Gasteiger partial charge in [0.2, 0.25) is 0 Å². The predicted octanol–water partition coefficient (Wildman–Crippen LogP) is 1.93. The van der Waals surface area contributed by atoms with Crippen molar-refractivity contribution in [1.82, 2.24) is 0 Å². The minimum absolute atomic E-state index is 0.406. The Kier molecular flexibility index (Phi) is 1.70. The van der Waals surface area contributed by atoms with Crippen LogP contribution in [0, 0.1) is 5.92 Å². The summed E-state index contributed by atoms with van der Waals surface area (Å²) in [5.74, 6) is 0.903. The maximum Gasteiger partial charge on any atom is 0.133 e. The molecular formula is C8H12O. The van der Waals surface area contributed by atoms with E-state index in [9.17, 15) is 4.79 Å². The van der Waals surface area contributed by atoms with Gasteiger partial charge in [0.25, 0.3) is 0 Å². The highest BCUT2D eigenvalue weighted by molar-refractivity contribution is 5.81. The average Bonchev–Trinajstić information content (AvgIpc) is 2.14. The predicted molar refractivity (Wildman–Crippen MR) is 37.2 cm³/mol. The summed E-state index contributed by atoms with van der Waals surface area (Å²) < 4.78 is 0. The zero-order valence-electron chi connectivity index (χ0n) is 5.81. The van der Waals surface area contributed by atoms with Crippen LogP contribution in [-0.4, -0.2) is 5.78 Å². The van der Waals surface area contributed by atoms with Crippen molar-refractivity contribution in [1.29, 1.82) is 0 Å². The van der Waals surface area contributed by atoms with Gasteiger partial charge in [0.15, 0.2) is 0 Å². The first-order chi connectivity index (χ1) is 4.20. The van der Waals surface area contributed by atoms with Gasteiger partial charge in [-0.25, -0.2) is 0 Å². The molecule has 0 heterocycles. The molecule has 50 valence electrons. The Morgan fingerprint density at radius 1 is 1.78 bits per heavy atom. The summed E-state index contributed by atoms with van der Waals surface area (Å²) >= 11 is 0. The first-order valence-corrected chi connectivity index (χ1v) is 3.37. The Balaban J connectivity index is 2.48. The first kappa shape index (κ1) is 6.53. The van der Waals surface area contributed by atoms with Gasteiger partial charge in [-0.05, 0) is 19.3 Å². The highest BCUT2D eigenvalue weighted by Crippen LogP contribution is 2.26. The summed E-state index contributed by atoms with van der Waals surface area (Å²) in [6.45, 7) is 5.82. The molecule has 0 N–H and O–H groups in total. The van der Waals surface area contributed by atoms with Gasteiger partial charge < -0.3 is 0 Å². The van der Waals surface area contributed by atoms with Gasteiger partial charge in [-0.15, -0.1) is 0 Å². The Morgan fingerprint density at radius 2 is 2.44 bits per heavy atom. The van der Waals surface area contributed by atoms with Crippen LogP contribution >= 0.6 is 0 Å². The van der Waals surface area contributed by atoms with Crippen LogP contribution in [0.2, 0.25) is 0 Å². The van der Waals surface area contributed by atoms with Gasteiger partial charge in [-0.2, -0.15) is 0 Å². The van der Waals surface area contributed by atoms with E-state index in [2.05, 4.69) is 6.58 Å². The molecule has 1 heteroatoms. The summed E-state index contributed by atoms with van der Waals surface area (Å²) in [4.78, 5) is 10.7. The number of rotatable bonds is 1. The number of carbonyl (C=O) groups is 1. The molecule has 0 saturated heterocycles. The SMILES string of the molecule is C=C(C)[C@H]1CCC(=O)C1. The van der Waals surface area contributed by atoms with Crippen LogP contribution in [0.25, 0.3) is 0 Å². The van der Waals surface area contributed by atoms with Gasteiger partial charge in [0.05, 0.1) is 0 Å². The smallest absolute Gasteiger partial charge is 0.133 e. The van der Waals surface area contributed by atoms with Crippen molar-refractivity contribution in [3.05, 3.63) is 12.2 Å². The number of hydrogen-bond donors (Lipinski definition) is 0. The monoisotopic (exact) mass is 124 g/mol. The van der Waals surface area contributed by atoms with E-state index in [1.165, 1.54) is 5.57 Å². The Bertz CT molecular complexity index is 147. The second kappa shape index (κ2) is 2.34. The van der Waals surface area contributed by atoms with Crippen molar-refractivity contribution < 1.29 is 4.79 Å². The summed E-state index contributed by atoms with van der Waals surface area (Å²) in [5.41, 5.74) is 1.17. The lowest BCUT2D eigenvalue weighted by atomic mass is 10.0. The van der Waals surface area contributed by atoms with Crippen molar-refractivity contribution in [3.63, 3.8) is 0 Å². The summed E-state index contributed by atoms with van der Waals surface area (Å²) in [5, 5.41) is 0. The van der Waals surface area contributed by atoms with Crippen molar-refractivity contribution in [2.75, 3.05) is 0 Å². The fourth-order valence-electron chi connectivity index (χ4n) is 1.23. The second-order valence-corrected chi connectivity index (χ2v) is 2.82. The third-order valence-electron chi connectivity index (χ3n) is 1.94. The van der Waals surface area contributed by atoms with E-state index < -0.39 is 0 Å². The Morgan fingerprint density at radius 3 is 2.67 bits per heavy atom. The third-order valence-corrected chi connectivity index (χ3v) is 1.94. The molecule has 0 aromatic heterocycles. The molecule has 1 rings (SSSR count). The molecule has 0 radical (unpaired) electrons. The molecule has 1 fully saturated rings.